The molecule has 0 saturated heterocycles. The van der Waals surface area contributed by atoms with Crippen LogP contribution in [0.2, 0.25) is 5.02 Å². The first-order valence-corrected chi connectivity index (χ1v) is 6.50. The van der Waals surface area contributed by atoms with Crippen molar-refractivity contribution >= 4 is 34.2 Å². The van der Waals surface area contributed by atoms with Crippen LogP contribution in [0, 0.1) is 5.41 Å². The molecule has 0 atom stereocenters. The Hall–Kier alpha value is -0.710. The minimum absolute atomic E-state index is 0.413. The highest BCUT2D eigenvalue weighted by Crippen LogP contribution is 2.24. The molecule has 1 aromatic carbocycles. The number of nitrogens with one attached hydrogen (secondary N) is 2. The fraction of sp³-hybridized carbons (Fsp3) is 0.364. The number of amidine groups is 1. The quantitative estimate of drug-likeness (QED) is 0.574. The maximum absolute atomic E-state index is 7.63. The molecule has 0 bridgehead atoms. The van der Waals surface area contributed by atoms with Crippen LogP contribution >= 0.6 is 23.4 Å². The Morgan fingerprint density at radius 3 is 2.88 bits per heavy atom. The maximum Gasteiger partial charge on any atom is 0.158 e. The predicted molar refractivity (Wildman–Crippen MR) is 73.7 cm³/mol. The van der Waals surface area contributed by atoms with E-state index in [2.05, 4.69) is 5.32 Å². The molecule has 5 heteroatoms. The summed E-state index contributed by atoms with van der Waals surface area (Å²) >= 11 is 7.54. The van der Waals surface area contributed by atoms with Crippen LogP contribution in [0.4, 0.5) is 5.69 Å². The minimum atomic E-state index is 0.413. The highest BCUT2D eigenvalue weighted by atomic mass is 35.5. The van der Waals surface area contributed by atoms with Crippen molar-refractivity contribution in [1.82, 2.24) is 0 Å². The van der Waals surface area contributed by atoms with Crippen LogP contribution < -0.4 is 11.1 Å². The average Bonchev–Trinajstić information content (AvgIpc) is 2.23. The molecule has 0 unspecified atom stereocenters. The Balaban J connectivity index is 2.71. The van der Waals surface area contributed by atoms with E-state index < -0.39 is 0 Å². The number of anilines is 1. The molecule has 0 aliphatic heterocycles. The molecule has 3 nitrogen and oxygen atoms in total. The van der Waals surface area contributed by atoms with Crippen LogP contribution in [-0.4, -0.2) is 17.5 Å². The zero-order valence-electron chi connectivity index (χ0n) is 9.22. The summed E-state index contributed by atoms with van der Waals surface area (Å²) in [7, 11) is 0. The van der Waals surface area contributed by atoms with Gasteiger partial charge in [-0.2, -0.15) is 0 Å². The van der Waals surface area contributed by atoms with Gasteiger partial charge in [0.15, 0.2) is 5.17 Å². The third kappa shape index (κ3) is 4.04. The molecule has 0 aliphatic carbocycles. The predicted octanol–water partition coefficient (Wildman–Crippen LogP) is 2.94. The highest BCUT2D eigenvalue weighted by molar-refractivity contribution is 8.14. The average molecular weight is 258 g/mol. The monoisotopic (exact) mass is 257 g/mol. The fourth-order valence-corrected chi connectivity index (χ4v) is 2.01. The Bertz CT molecular complexity index is 368. The van der Waals surface area contributed by atoms with E-state index in [1.54, 1.807) is 0 Å². The molecule has 0 heterocycles. The number of nitrogens with two attached hydrogens (primary N) is 1. The van der Waals surface area contributed by atoms with Crippen molar-refractivity contribution in [3.05, 3.63) is 28.8 Å². The first kappa shape index (κ1) is 13.4. The van der Waals surface area contributed by atoms with Crippen molar-refractivity contribution in [2.45, 2.75) is 13.3 Å². The molecule has 0 fully saturated rings. The molecule has 88 valence electrons. The lowest BCUT2D eigenvalue weighted by molar-refractivity contribution is 0.969. The number of hydrogen-bond acceptors (Lipinski definition) is 3. The summed E-state index contributed by atoms with van der Waals surface area (Å²) in [5.74, 6) is 0.870. The minimum Gasteiger partial charge on any atom is -0.334 e. The summed E-state index contributed by atoms with van der Waals surface area (Å²) in [6.45, 7) is 2.62. The van der Waals surface area contributed by atoms with Crippen molar-refractivity contribution in [2.75, 3.05) is 17.6 Å². The van der Waals surface area contributed by atoms with Gasteiger partial charge in [0.2, 0.25) is 0 Å². The second-order valence-electron chi connectivity index (χ2n) is 3.24. The second kappa shape index (κ2) is 6.78. The van der Waals surface area contributed by atoms with Crippen molar-refractivity contribution in [2.24, 2.45) is 5.73 Å². The molecule has 0 spiro atoms. The molecular weight excluding hydrogens is 242 g/mol. The van der Waals surface area contributed by atoms with Crippen molar-refractivity contribution in [3.8, 4) is 0 Å². The van der Waals surface area contributed by atoms with Gasteiger partial charge < -0.3 is 11.1 Å². The molecule has 0 saturated carbocycles. The van der Waals surface area contributed by atoms with Crippen LogP contribution in [0.15, 0.2) is 18.2 Å². The highest BCUT2D eigenvalue weighted by Gasteiger charge is 2.03. The third-order valence-electron chi connectivity index (χ3n) is 2.00. The summed E-state index contributed by atoms with van der Waals surface area (Å²) in [6.07, 6.45) is 0.821. The molecule has 1 rings (SSSR count). The lowest BCUT2D eigenvalue weighted by atomic mass is 10.1. The number of hydrogen-bond donors (Lipinski definition) is 3. The molecular formula is C11H16ClN3S. The first-order chi connectivity index (χ1) is 7.67. The van der Waals surface area contributed by atoms with Crippen molar-refractivity contribution < 1.29 is 0 Å². The van der Waals surface area contributed by atoms with Gasteiger partial charge in [-0.3, -0.25) is 5.41 Å². The standard InChI is InChI=1S/C11H16ClN3S/c1-2-16-11(14)15-10-4-3-8(5-6-13)7-9(10)12/h3-4,7H,2,5-6,13H2,1H3,(H2,14,15). The zero-order chi connectivity index (χ0) is 12.0. The SMILES string of the molecule is CCSC(=N)Nc1ccc(CCN)cc1Cl. The van der Waals surface area contributed by atoms with Gasteiger partial charge in [-0.15, -0.1) is 0 Å². The van der Waals surface area contributed by atoms with Gasteiger partial charge in [0, 0.05) is 0 Å². The van der Waals surface area contributed by atoms with E-state index in [0.29, 0.717) is 16.7 Å². The normalized spacial score (nSPS) is 10.2. The smallest absolute Gasteiger partial charge is 0.158 e. The molecule has 1 aromatic rings. The Morgan fingerprint density at radius 2 is 2.31 bits per heavy atom. The Morgan fingerprint density at radius 1 is 1.56 bits per heavy atom. The van der Waals surface area contributed by atoms with E-state index >= 15 is 0 Å². The van der Waals surface area contributed by atoms with Gasteiger partial charge in [0.25, 0.3) is 0 Å². The van der Waals surface area contributed by atoms with Gasteiger partial charge in [-0.25, -0.2) is 0 Å². The lowest BCUT2D eigenvalue weighted by Gasteiger charge is -2.09. The molecule has 0 aromatic heterocycles. The van der Waals surface area contributed by atoms with Gasteiger partial charge in [-0.1, -0.05) is 36.4 Å². The maximum atomic E-state index is 7.63. The second-order valence-corrected chi connectivity index (χ2v) is 4.92. The fourth-order valence-electron chi connectivity index (χ4n) is 1.28. The summed E-state index contributed by atoms with van der Waals surface area (Å²) in [5, 5.41) is 11.6. The van der Waals surface area contributed by atoms with Crippen LogP contribution in [0.25, 0.3) is 0 Å². The number of benzene rings is 1. The summed E-state index contributed by atoms with van der Waals surface area (Å²) < 4.78 is 0. The third-order valence-corrected chi connectivity index (χ3v) is 3.00. The molecule has 0 aliphatic rings. The van der Waals surface area contributed by atoms with E-state index in [-0.39, 0.29) is 0 Å². The number of thioether (sulfide) groups is 1. The Kier molecular flexibility index (Phi) is 5.66. The largest absolute Gasteiger partial charge is 0.334 e. The number of rotatable bonds is 4. The van der Waals surface area contributed by atoms with Crippen LogP contribution in [-0.2, 0) is 6.42 Å². The number of halogens is 1. The van der Waals surface area contributed by atoms with Crippen LogP contribution in [0.5, 0.6) is 0 Å². The molecule has 4 N–H and O–H groups in total. The van der Waals surface area contributed by atoms with Crippen molar-refractivity contribution in [1.29, 1.82) is 5.41 Å². The van der Waals surface area contributed by atoms with E-state index in [1.165, 1.54) is 11.8 Å². The van der Waals surface area contributed by atoms with Crippen LogP contribution in [0.1, 0.15) is 12.5 Å². The first-order valence-electron chi connectivity index (χ1n) is 5.14. The van der Waals surface area contributed by atoms with Gasteiger partial charge in [0.1, 0.15) is 0 Å². The van der Waals surface area contributed by atoms with Gasteiger partial charge in [-0.05, 0) is 36.4 Å². The van der Waals surface area contributed by atoms with Gasteiger partial charge in [0.05, 0.1) is 10.7 Å². The van der Waals surface area contributed by atoms with Crippen molar-refractivity contribution in [3.63, 3.8) is 0 Å². The zero-order valence-corrected chi connectivity index (χ0v) is 10.8. The van der Waals surface area contributed by atoms with E-state index in [0.717, 1.165) is 23.4 Å². The van der Waals surface area contributed by atoms with E-state index in [9.17, 15) is 0 Å². The summed E-state index contributed by atoms with van der Waals surface area (Å²) in [5.41, 5.74) is 7.36. The van der Waals surface area contributed by atoms with Gasteiger partial charge >= 0.3 is 0 Å². The van der Waals surface area contributed by atoms with E-state index in [4.69, 9.17) is 22.7 Å². The molecule has 0 radical (unpaired) electrons. The van der Waals surface area contributed by atoms with E-state index in [1.807, 2.05) is 25.1 Å². The summed E-state index contributed by atoms with van der Waals surface area (Å²) in [6, 6.07) is 5.75. The summed E-state index contributed by atoms with van der Waals surface area (Å²) in [4.78, 5) is 0. The lowest BCUT2D eigenvalue weighted by Crippen LogP contribution is -2.07. The van der Waals surface area contributed by atoms with Crippen LogP contribution in [0.3, 0.4) is 0 Å². The Labute approximate surface area is 105 Å². The topological polar surface area (TPSA) is 61.9 Å². The molecule has 0 amide bonds. The molecule has 16 heavy (non-hydrogen) atoms.